The van der Waals surface area contributed by atoms with Crippen LogP contribution in [0.3, 0.4) is 0 Å². The van der Waals surface area contributed by atoms with Crippen LogP contribution in [0.15, 0.2) is 60.7 Å². The van der Waals surface area contributed by atoms with Gasteiger partial charge in [-0.15, -0.1) is 0 Å². The van der Waals surface area contributed by atoms with Crippen LogP contribution < -0.4 is 14.4 Å². The summed E-state index contributed by atoms with van der Waals surface area (Å²) in [5.74, 6) is 0.0333. The van der Waals surface area contributed by atoms with Crippen molar-refractivity contribution in [2.75, 3.05) is 51.8 Å². The summed E-state index contributed by atoms with van der Waals surface area (Å²) in [5.41, 5.74) is 4.30. The first kappa shape index (κ1) is 24.3. The maximum atomic E-state index is 14.4. The number of hydrogen-bond donors (Lipinski definition) is 0. The third-order valence-corrected chi connectivity index (χ3v) is 8.08. The van der Waals surface area contributed by atoms with E-state index in [0.717, 1.165) is 17.7 Å². The lowest BCUT2D eigenvalue weighted by Gasteiger charge is -2.47. The van der Waals surface area contributed by atoms with Gasteiger partial charge in [0.15, 0.2) is 11.5 Å². The molecule has 38 heavy (non-hydrogen) atoms. The monoisotopic (exact) mass is 515 g/mol. The Bertz CT molecular complexity index is 1380. The van der Waals surface area contributed by atoms with E-state index in [0.29, 0.717) is 55.3 Å². The van der Waals surface area contributed by atoms with E-state index >= 15 is 0 Å². The molecule has 3 aliphatic rings. The molecule has 8 heteroatoms. The fourth-order valence-electron chi connectivity index (χ4n) is 6.15. The van der Waals surface area contributed by atoms with Crippen LogP contribution in [-0.2, 0) is 11.2 Å². The zero-order valence-electron chi connectivity index (χ0n) is 21.5. The number of hydrogen-bond acceptors (Lipinski definition) is 5. The Hall–Kier alpha value is -4.07. The van der Waals surface area contributed by atoms with Crippen LogP contribution in [-0.4, -0.2) is 68.6 Å². The maximum Gasteiger partial charge on any atom is 0.254 e. The summed E-state index contributed by atoms with van der Waals surface area (Å²) < 4.78 is 24.5. The van der Waals surface area contributed by atoms with Crippen molar-refractivity contribution in [2.24, 2.45) is 0 Å². The van der Waals surface area contributed by atoms with Gasteiger partial charge in [-0.1, -0.05) is 24.3 Å². The summed E-state index contributed by atoms with van der Waals surface area (Å²) in [6.45, 7) is 2.92. The second-order valence-corrected chi connectivity index (χ2v) is 9.95. The van der Waals surface area contributed by atoms with Gasteiger partial charge < -0.3 is 24.2 Å². The van der Waals surface area contributed by atoms with Gasteiger partial charge >= 0.3 is 0 Å². The molecule has 196 valence electrons. The van der Waals surface area contributed by atoms with Crippen molar-refractivity contribution in [2.45, 2.75) is 18.4 Å². The van der Waals surface area contributed by atoms with E-state index in [-0.39, 0.29) is 23.7 Å². The zero-order valence-corrected chi connectivity index (χ0v) is 21.5. The van der Waals surface area contributed by atoms with Gasteiger partial charge in [-0.25, -0.2) is 4.39 Å². The highest BCUT2D eigenvalue weighted by Crippen LogP contribution is 2.49. The molecular weight excluding hydrogens is 485 g/mol. The fraction of sp³-hybridized carbons (Fsp3) is 0.333. The van der Waals surface area contributed by atoms with Crippen molar-refractivity contribution >= 4 is 17.5 Å². The second-order valence-electron chi connectivity index (χ2n) is 9.95. The predicted octanol–water partition coefficient (Wildman–Crippen LogP) is 4.03. The summed E-state index contributed by atoms with van der Waals surface area (Å²) in [6.07, 6.45) is 0.748. The fourth-order valence-corrected chi connectivity index (χ4v) is 6.15. The normalized spacial score (nSPS) is 20.4. The van der Waals surface area contributed by atoms with Crippen molar-refractivity contribution in [3.63, 3.8) is 0 Å². The summed E-state index contributed by atoms with van der Waals surface area (Å²) in [4.78, 5) is 34.1. The molecule has 3 aromatic rings. The van der Waals surface area contributed by atoms with E-state index in [1.54, 1.807) is 38.5 Å². The number of rotatable bonds is 4. The van der Waals surface area contributed by atoms with Crippen molar-refractivity contribution < 1.29 is 23.5 Å². The van der Waals surface area contributed by atoms with Crippen molar-refractivity contribution in [3.8, 4) is 11.5 Å². The molecular formula is C30H30FN3O4. The second kappa shape index (κ2) is 9.67. The third-order valence-electron chi connectivity index (χ3n) is 8.08. The molecule has 0 aromatic heterocycles. The third kappa shape index (κ3) is 3.95. The number of methoxy groups -OCH3 is 2. The standard InChI is InChI=1S/C30H30FN3O4/c1-37-25-17-23-24(18-26(25)38-2)29(35)34-12-11-19-5-3-4-6-22(19)28(34)27(23)30(36)33-15-13-32(14-16-33)21-9-7-20(31)8-10-21/h3-10,17-18,27-28H,11-16H2,1-2H3/t27-,28+/m0/s1. The first-order chi connectivity index (χ1) is 18.5. The number of fused-ring (bicyclic) bond motifs is 4. The summed E-state index contributed by atoms with van der Waals surface area (Å²) in [7, 11) is 3.10. The van der Waals surface area contributed by atoms with E-state index < -0.39 is 5.92 Å². The quantitative estimate of drug-likeness (QED) is 0.525. The highest BCUT2D eigenvalue weighted by molar-refractivity contribution is 6.02. The molecule has 3 heterocycles. The average Bonchev–Trinajstić information content (AvgIpc) is 2.97. The molecule has 0 radical (unpaired) electrons. The summed E-state index contributed by atoms with van der Waals surface area (Å²) in [6, 6.07) is 17.7. The van der Waals surface area contributed by atoms with E-state index in [1.165, 1.54) is 17.7 Å². The Labute approximate surface area is 221 Å². The smallest absolute Gasteiger partial charge is 0.254 e. The Kier molecular flexibility index (Phi) is 6.18. The number of halogens is 1. The molecule has 1 fully saturated rings. The predicted molar refractivity (Wildman–Crippen MR) is 141 cm³/mol. The molecule has 0 spiro atoms. The maximum absolute atomic E-state index is 14.4. The number of nitrogens with zero attached hydrogens (tertiary/aromatic N) is 3. The van der Waals surface area contributed by atoms with E-state index in [1.807, 2.05) is 28.0 Å². The minimum Gasteiger partial charge on any atom is -0.493 e. The van der Waals surface area contributed by atoms with E-state index in [2.05, 4.69) is 11.0 Å². The highest BCUT2D eigenvalue weighted by atomic mass is 19.1. The van der Waals surface area contributed by atoms with Gasteiger partial charge in [0.25, 0.3) is 5.91 Å². The van der Waals surface area contributed by atoms with Crippen LogP contribution in [0.25, 0.3) is 0 Å². The summed E-state index contributed by atoms with van der Waals surface area (Å²) >= 11 is 0. The molecule has 2 amide bonds. The Morgan fingerprint density at radius 1 is 0.868 bits per heavy atom. The Morgan fingerprint density at radius 2 is 1.55 bits per heavy atom. The largest absolute Gasteiger partial charge is 0.493 e. The first-order valence-electron chi connectivity index (χ1n) is 12.9. The lowest BCUT2D eigenvalue weighted by Crippen LogP contribution is -2.54. The molecule has 0 bridgehead atoms. The topological polar surface area (TPSA) is 62.3 Å². The molecule has 0 saturated carbocycles. The van der Waals surface area contributed by atoms with E-state index in [4.69, 9.17) is 9.47 Å². The van der Waals surface area contributed by atoms with Crippen LogP contribution in [0.1, 0.15) is 39.0 Å². The van der Waals surface area contributed by atoms with Crippen LogP contribution in [0.5, 0.6) is 11.5 Å². The molecule has 0 aliphatic carbocycles. The molecule has 0 unspecified atom stereocenters. The van der Waals surface area contributed by atoms with Crippen LogP contribution in [0.2, 0.25) is 0 Å². The number of amides is 2. The average molecular weight is 516 g/mol. The van der Waals surface area contributed by atoms with Crippen molar-refractivity contribution in [1.82, 2.24) is 9.80 Å². The van der Waals surface area contributed by atoms with Gasteiger partial charge in [-0.2, -0.15) is 0 Å². The number of anilines is 1. The lowest BCUT2D eigenvalue weighted by atomic mass is 9.75. The van der Waals surface area contributed by atoms with Crippen LogP contribution >= 0.6 is 0 Å². The van der Waals surface area contributed by atoms with Gasteiger partial charge in [0.05, 0.1) is 26.2 Å². The van der Waals surface area contributed by atoms with Crippen LogP contribution in [0, 0.1) is 5.82 Å². The molecule has 2 atom stereocenters. The van der Waals surface area contributed by atoms with Crippen LogP contribution in [0.4, 0.5) is 10.1 Å². The van der Waals surface area contributed by atoms with Gasteiger partial charge in [-0.05, 0) is 59.5 Å². The molecule has 7 nitrogen and oxygen atoms in total. The first-order valence-corrected chi connectivity index (χ1v) is 12.9. The molecule has 3 aromatic carbocycles. The number of piperazine rings is 1. The van der Waals surface area contributed by atoms with E-state index in [9.17, 15) is 14.0 Å². The molecule has 3 aliphatic heterocycles. The number of carbonyl (C=O) groups excluding carboxylic acids is 2. The highest BCUT2D eigenvalue weighted by Gasteiger charge is 2.48. The number of ether oxygens (including phenoxy) is 2. The Balaban J connectivity index is 1.38. The minimum atomic E-state index is -0.568. The van der Waals surface area contributed by atoms with Gasteiger partial charge in [-0.3, -0.25) is 9.59 Å². The van der Waals surface area contributed by atoms with Gasteiger partial charge in [0.1, 0.15) is 5.82 Å². The SMILES string of the molecule is COc1cc2c(cc1OC)[C@H](C(=O)N1CCN(c3ccc(F)cc3)CC1)[C@H]1c3ccccc3CCN1C2=O. The Morgan fingerprint density at radius 3 is 2.26 bits per heavy atom. The van der Waals surface area contributed by atoms with Gasteiger partial charge in [0.2, 0.25) is 5.91 Å². The zero-order chi connectivity index (χ0) is 26.4. The number of benzene rings is 3. The molecule has 6 rings (SSSR count). The van der Waals surface area contributed by atoms with Gasteiger partial charge in [0, 0.05) is 44.0 Å². The summed E-state index contributed by atoms with van der Waals surface area (Å²) in [5, 5.41) is 0. The molecule has 1 saturated heterocycles. The molecule has 0 N–H and O–H groups in total. The minimum absolute atomic E-state index is 0.00331. The number of carbonyl (C=O) groups is 2. The van der Waals surface area contributed by atoms with Crippen molar-refractivity contribution in [3.05, 3.63) is 88.7 Å². The lowest BCUT2D eigenvalue weighted by molar-refractivity contribution is -0.135. The van der Waals surface area contributed by atoms with Crippen molar-refractivity contribution in [1.29, 1.82) is 0 Å².